The summed E-state index contributed by atoms with van der Waals surface area (Å²) in [6.07, 6.45) is 1.00. The van der Waals surface area contributed by atoms with Crippen molar-refractivity contribution in [1.29, 1.82) is 0 Å². The van der Waals surface area contributed by atoms with Gasteiger partial charge < -0.3 is 15.8 Å². The second-order valence-electron chi connectivity index (χ2n) is 4.17. The van der Waals surface area contributed by atoms with Gasteiger partial charge in [-0.3, -0.25) is 9.79 Å². The zero-order valence-electron chi connectivity index (χ0n) is 11.9. The number of nitrogens with two attached hydrogens (primary N) is 1. The number of benzene rings is 1. The summed E-state index contributed by atoms with van der Waals surface area (Å²) in [4.78, 5) is 15.3. The van der Waals surface area contributed by atoms with Crippen molar-refractivity contribution < 1.29 is 9.53 Å². The molecule has 0 amide bonds. The van der Waals surface area contributed by atoms with Crippen molar-refractivity contribution in [2.45, 2.75) is 26.7 Å². The molecule has 0 atom stereocenters. The van der Waals surface area contributed by atoms with Crippen LogP contribution in [-0.2, 0) is 9.53 Å². The number of hydrogen-bond acceptors (Lipinski definition) is 3. The van der Waals surface area contributed by atoms with Gasteiger partial charge in [0, 0.05) is 18.7 Å². The van der Waals surface area contributed by atoms with Crippen LogP contribution in [0.3, 0.4) is 0 Å². The molecule has 0 spiro atoms. The fourth-order valence-corrected chi connectivity index (χ4v) is 1.57. The second-order valence-corrected chi connectivity index (χ2v) is 4.17. The summed E-state index contributed by atoms with van der Waals surface area (Å²) in [7, 11) is 0. The van der Waals surface area contributed by atoms with Gasteiger partial charge >= 0.3 is 5.97 Å². The Balaban J connectivity index is 0.00000361. The molecule has 0 heterocycles. The van der Waals surface area contributed by atoms with Gasteiger partial charge in [0.1, 0.15) is 0 Å². The van der Waals surface area contributed by atoms with Gasteiger partial charge in [-0.05, 0) is 38.0 Å². The Morgan fingerprint density at radius 2 is 2.20 bits per heavy atom. The monoisotopic (exact) mass is 391 g/mol. The Kier molecular flexibility index (Phi) is 9.79. The molecule has 0 saturated heterocycles. The number of ether oxygens (including phenoxy) is 1. The van der Waals surface area contributed by atoms with E-state index in [1.165, 1.54) is 0 Å². The zero-order chi connectivity index (χ0) is 14.1. The number of guanidine groups is 1. The lowest BCUT2D eigenvalue weighted by molar-refractivity contribution is -0.143. The van der Waals surface area contributed by atoms with Crippen LogP contribution in [0.25, 0.3) is 0 Å². The number of esters is 1. The van der Waals surface area contributed by atoms with Crippen molar-refractivity contribution in [3.8, 4) is 0 Å². The first-order chi connectivity index (χ1) is 9.11. The molecule has 0 bridgehead atoms. The van der Waals surface area contributed by atoms with Gasteiger partial charge in [0.15, 0.2) is 5.96 Å². The first kappa shape index (κ1) is 18.7. The summed E-state index contributed by atoms with van der Waals surface area (Å²) in [5.41, 5.74) is 7.82. The number of aliphatic imine (C=N–C) groups is 1. The van der Waals surface area contributed by atoms with Gasteiger partial charge in [0.05, 0.1) is 6.61 Å². The molecule has 1 rings (SSSR count). The van der Waals surface area contributed by atoms with Crippen LogP contribution in [0.2, 0.25) is 0 Å². The molecule has 0 unspecified atom stereocenters. The molecule has 0 aliphatic carbocycles. The lowest BCUT2D eigenvalue weighted by atomic mass is 10.2. The van der Waals surface area contributed by atoms with Gasteiger partial charge in [0.2, 0.25) is 0 Å². The number of halogens is 1. The largest absolute Gasteiger partial charge is 0.466 e. The van der Waals surface area contributed by atoms with Crippen LogP contribution >= 0.6 is 24.0 Å². The van der Waals surface area contributed by atoms with E-state index >= 15 is 0 Å². The van der Waals surface area contributed by atoms with Crippen molar-refractivity contribution in [2.75, 3.05) is 18.5 Å². The second kappa shape index (κ2) is 10.5. The Morgan fingerprint density at radius 3 is 2.85 bits per heavy atom. The van der Waals surface area contributed by atoms with E-state index in [0.29, 0.717) is 32.0 Å². The number of aryl methyl sites for hydroxylation is 1. The Bertz CT molecular complexity index is 450. The number of anilines is 1. The lowest BCUT2D eigenvalue weighted by Gasteiger charge is -2.06. The molecule has 5 nitrogen and oxygen atoms in total. The quantitative estimate of drug-likeness (QED) is 0.257. The number of rotatable bonds is 6. The minimum absolute atomic E-state index is 0. The highest BCUT2D eigenvalue weighted by atomic mass is 127. The molecule has 0 aliphatic heterocycles. The Labute approximate surface area is 137 Å². The third-order valence-electron chi connectivity index (χ3n) is 2.42. The maximum absolute atomic E-state index is 11.1. The fourth-order valence-electron chi connectivity index (χ4n) is 1.57. The van der Waals surface area contributed by atoms with Gasteiger partial charge in [0.25, 0.3) is 0 Å². The number of hydrogen-bond donors (Lipinski definition) is 2. The number of carbonyl (C=O) groups excluding carboxylic acids is 1. The zero-order valence-corrected chi connectivity index (χ0v) is 14.2. The maximum Gasteiger partial charge on any atom is 0.305 e. The first-order valence-corrected chi connectivity index (χ1v) is 6.41. The van der Waals surface area contributed by atoms with E-state index in [1.807, 2.05) is 31.2 Å². The predicted octanol–water partition coefficient (Wildman–Crippen LogP) is 2.68. The normalized spacial score (nSPS) is 10.6. The first-order valence-electron chi connectivity index (χ1n) is 6.41. The van der Waals surface area contributed by atoms with Gasteiger partial charge in [-0.25, -0.2) is 0 Å². The van der Waals surface area contributed by atoms with Crippen molar-refractivity contribution >= 4 is 41.6 Å². The molecular formula is C14H22IN3O2. The maximum atomic E-state index is 11.1. The molecule has 20 heavy (non-hydrogen) atoms. The highest BCUT2D eigenvalue weighted by molar-refractivity contribution is 14.0. The van der Waals surface area contributed by atoms with E-state index in [1.54, 1.807) is 6.92 Å². The number of carbonyl (C=O) groups is 1. The molecular weight excluding hydrogens is 369 g/mol. The van der Waals surface area contributed by atoms with Crippen LogP contribution in [0.1, 0.15) is 25.3 Å². The van der Waals surface area contributed by atoms with Crippen molar-refractivity contribution in [3.05, 3.63) is 29.8 Å². The fraction of sp³-hybridized carbons (Fsp3) is 0.429. The molecule has 0 fully saturated rings. The minimum atomic E-state index is -0.192. The van der Waals surface area contributed by atoms with Gasteiger partial charge in [-0.2, -0.15) is 0 Å². The van der Waals surface area contributed by atoms with Crippen LogP contribution in [0, 0.1) is 6.92 Å². The van der Waals surface area contributed by atoms with E-state index in [2.05, 4.69) is 10.3 Å². The van der Waals surface area contributed by atoms with Crippen molar-refractivity contribution in [1.82, 2.24) is 0 Å². The molecule has 0 aliphatic rings. The van der Waals surface area contributed by atoms with E-state index in [0.717, 1.165) is 11.3 Å². The van der Waals surface area contributed by atoms with Gasteiger partial charge in [-0.15, -0.1) is 24.0 Å². The predicted molar refractivity (Wildman–Crippen MR) is 92.6 cm³/mol. The summed E-state index contributed by atoms with van der Waals surface area (Å²) in [5, 5.41) is 3.01. The molecule has 112 valence electrons. The number of nitrogens with one attached hydrogen (secondary N) is 1. The number of nitrogens with zero attached hydrogens (tertiary/aromatic N) is 1. The van der Waals surface area contributed by atoms with Crippen LogP contribution in [0.5, 0.6) is 0 Å². The standard InChI is InChI=1S/C14H21N3O2.HI/c1-3-19-13(18)8-5-9-16-14(15)17-12-7-4-6-11(2)10-12;/h4,6-7,10H,3,5,8-9H2,1-2H3,(H3,15,16,17);1H. The SMILES string of the molecule is CCOC(=O)CCCN=C(N)Nc1cccc(C)c1.I. The Morgan fingerprint density at radius 1 is 1.45 bits per heavy atom. The molecule has 0 aromatic heterocycles. The minimum Gasteiger partial charge on any atom is -0.466 e. The molecule has 1 aromatic rings. The summed E-state index contributed by atoms with van der Waals surface area (Å²) >= 11 is 0. The summed E-state index contributed by atoms with van der Waals surface area (Å²) < 4.78 is 4.82. The smallest absolute Gasteiger partial charge is 0.305 e. The van der Waals surface area contributed by atoms with Crippen molar-refractivity contribution in [2.24, 2.45) is 10.7 Å². The highest BCUT2D eigenvalue weighted by Crippen LogP contribution is 2.08. The van der Waals surface area contributed by atoms with E-state index in [9.17, 15) is 4.79 Å². The highest BCUT2D eigenvalue weighted by Gasteiger charge is 2.00. The van der Waals surface area contributed by atoms with E-state index < -0.39 is 0 Å². The van der Waals surface area contributed by atoms with Gasteiger partial charge in [-0.1, -0.05) is 12.1 Å². The summed E-state index contributed by atoms with van der Waals surface area (Å²) in [6, 6.07) is 7.87. The molecule has 0 radical (unpaired) electrons. The molecule has 3 N–H and O–H groups in total. The Hall–Kier alpha value is -1.31. The van der Waals surface area contributed by atoms with Crippen LogP contribution in [-0.4, -0.2) is 25.1 Å². The van der Waals surface area contributed by atoms with Crippen LogP contribution in [0.15, 0.2) is 29.3 Å². The molecule has 0 saturated carbocycles. The van der Waals surface area contributed by atoms with E-state index in [-0.39, 0.29) is 29.9 Å². The molecule has 6 heteroatoms. The average molecular weight is 391 g/mol. The summed E-state index contributed by atoms with van der Waals surface area (Å²) in [6.45, 7) is 4.72. The molecule has 1 aromatic carbocycles. The van der Waals surface area contributed by atoms with Crippen molar-refractivity contribution in [3.63, 3.8) is 0 Å². The lowest BCUT2D eigenvalue weighted by Crippen LogP contribution is -2.23. The van der Waals surface area contributed by atoms with E-state index in [4.69, 9.17) is 10.5 Å². The third-order valence-corrected chi connectivity index (χ3v) is 2.42. The topological polar surface area (TPSA) is 76.7 Å². The van der Waals surface area contributed by atoms with Crippen LogP contribution < -0.4 is 11.1 Å². The summed E-state index contributed by atoms with van der Waals surface area (Å²) in [5.74, 6) is 0.164. The average Bonchev–Trinajstić information content (AvgIpc) is 2.35. The van der Waals surface area contributed by atoms with Crippen LogP contribution in [0.4, 0.5) is 5.69 Å². The third kappa shape index (κ3) is 7.98.